The normalized spacial score (nSPS) is 11.1. The number of amides is 1. The zero-order valence-corrected chi connectivity index (χ0v) is 14.0. The number of hydrogen-bond donors (Lipinski definition) is 1. The molecule has 0 heterocycles. The first-order valence-corrected chi connectivity index (χ1v) is 7.45. The Labute approximate surface area is 136 Å². The highest BCUT2D eigenvalue weighted by atomic mass is 35.5. The minimum Gasteiger partial charge on any atom is -0.495 e. The number of nitrogens with one attached hydrogen (secondary N) is 1. The van der Waals surface area contributed by atoms with E-state index in [9.17, 15) is 4.79 Å². The molecule has 0 saturated heterocycles. The van der Waals surface area contributed by atoms with Gasteiger partial charge in [0.05, 0.1) is 18.2 Å². The van der Waals surface area contributed by atoms with Crippen molar-refractivity contribution in [2.75, 3.05) is 12.4 Å². The van der Waals surface area contributed by atoms with Gasteiger partial charge in [-0.1, -0.05) is 41.9 Å². The van der Waals surface area contributed by atoms with Crippen molar-refractivity contribution in [3.63, 3.8) is 0 Å². The summed E-state index contributed by atoms with van der Waals surface area (Å²) < 4.78 is 5.30. The molecule has 3 nitrogen and oxygen atoms in total. The molecule has 0 spiro atoms. The lowest BCUT2D eigenvalue weighted by molar-refractivity contribution is -0.120. The van der Waals surface area contributed by atoms with Crippen LogP contribution in [0.3, 0.4) is 0 Å². The first-order valence-electron chi connectivity index (χ1n) is 7.07. The van der Waals surface area contributed by atoms with E-state index in [1.165, 1.54) is 0 Å². The maximum Gasteiger partial charge on any atom is 0.234 e. The molecular weight excluding hydrogens is 298 g/mol. The number of carbonyl (C=O) groups excluding carboxylic acids is 1. The average Bonchev–Trinajstić information content (AvgIpc) is 2.51. The monoisotopic (exact) mass is 317 g/mol. The topological polar surface area (TPSA) is 38.3 Å². The highest BCUT2D eigenvalue weighted by Gasteiger charge is 2.30. The second kappa shape index (κ2) is 6.41. The third-order valence-electron chi connectivity index (χ3n) is 3.79. The van der Waals surface area contributed by atoms with Gasteiger partial charge >= 0.3 is 0 Å². The molecule has 4 heteroatoms. The minimum absolute atomic E-state index is 0.0984. The van der Waals surface area contributed by atoms with Crippen molar-refractivity contribution < 1.29 is 9.53 Å². The molecule has 0 aliphatic heterocycles. The van der Waals surface area contributed by atoms with Gasteiger partial charge in [-0.2, -0.15) is 0 Å². The van der Waals surface area contributed by atoms with Crippen molar-refractivity contribution in [2.24, 2.45) is 0 Å². The molecule has 2 rings (SSSR count). The molecule has 1 N–H and O–H groups in total. The molecule has 116 valence electrons. The maximum absolute atomic E-state index is 12.7. The summed E-state index contributed by atoms with van der Waals surface area (Å²) in [5.41, 5.74) is 1.81. The van der Waals surface area contributed by atoms with Crippen molar-refractivity contribution in [2.45, 2.75) is 26.2 Å². The number of benzene rings is 2. The molecule has 0 fully saturated rings. The van der Waals surface area contributed by atoms with E-state index in [1.807, 2.05) is 57.2 Å². The Bertz CT molecular complexity index is 681. The van der Waals surface area contributed by atoms with E-state index in [1.54, 1.807) is 13.2 Å². The summed E-state index contributed by atoms with van der Waals surface area (Å²) in [6.07, 6.45) is 0. The van der Waals surface area contributed by atoms with Gasteiger partial charge in [-0.15, -0.1) is 0 Å². The summed E-state index contributed by atoms with van der Waals surface area (Å²) in [5.74, 6) is 0.450. The number of carbonyl (C=O) groups is 1. The molecule has 0 radical (unpaired) electrons. The van der Waals surface area contributed by atoms with E-state index >= 15 is 0 Å². The molecule has 2 aromatic rings. The molecule has 0 atom stereocenters. The Balaban J connectivity index is 2.31. The Morgan fingerprint density at radius 1 is 1.18 bits per heavy atom. The quantitative estimate of drug-likeness (QED) is 0.896. The fourth-order valence-corrected chi connectivity index (χ4v) is 2.35. The van der Waals surface area contributed by atoms with E-state index in [0.29, 0.717) is 16.5 Å². The third-order valence-corrected chi connectivity index (χ3v) is 4.20. The zero-order chi connectivity index (χ0) is 16.3. The van der Waals surface area contributed by atoms with Crippen LogP contribution in [0.25, 0.3) is 0 Å². The second-order valence-corrected chi connectivity index (χ2v) is 6.15. The van der Waals surface area contributed by atoms with E-state index in [4.69, 9.17) is 16.3 Å². The summed E-state index contributed by atoms with van der Waals surface area (Å²) in [5, 5.41) is 3.55. The SMILES string of the molecule is COc1cc(Cl)c(C)cc1NC(=O)C(C)(C)c1ccccc1. The van der Waals surface area contributed by atoms with Crippen LogP contribution in [-0.2, 0) is 10.2 Å². The predicted octanol–water partition coefficient (Wildman–Crippen LogP) is 4.57. The first-order chi connectivity index (χ1) is 10.4. The number of anilines is 1. The minimum atomic E-state index is -0.653. The van der Waals surface area contributed by atoms with Crippen LogP contribution >= 0.6 is 11.6 Å². The molecule has 0 aliphatic rings. The smallest absolute Gasteiger partial charge is 0.234 e. The van der Waals surface area contributed by atoms with E-state index in [0.717, 1.165) is 11.1 Å². The number of halogens is 1. The molecule has 0 aromatic heterocycles. The lowest BCUT2D eigenvalue weighted by atomic mass is 9.83. The summed E-state index contributed by atoms with van der Waals surface area (Å²) in [6, 6.07) is 13.2. The number of aryl methyl sites for hydroxylation is 1. The first kappa shape index (κ1) is 16.4. The van der Waals surface area contributed by atoms with Crippen LogP contribution < -0.4 is 10.1 Å². The van der Waals surface area contributed by atoms with Gasteiger partial charge < -0.3 is 10.1 Å². The zero-order valence-electron chi connectivity index (χ0n) is 13.2. The predicted molar refractivity (Wildman–Crippen MR) is 90.8 cm³/mol. The Morgan fingerprint density at radius 3 is 2.41 bits per heavy atom. The van der Waals surface area contributed by atoms with Crippen LogP contribution in [0.1, 0.15) is 25.0 Å². The van der Waals surface area contributed by atoms with Crippen molar-refractivity contribution in [1.82, 2.24) is 0 Å². The van der Waals surface area contributed by atoms with E-state index in [-0.39, 0.29) is 5.91 Å². The molecular formula is C18H20ClNO2. The lowest BCUT2D eigenvalue weighted by Crippen LogP contribution is -2.34. The molecule has 1 amide bonds. The van der Waals surface area contributed by atoms with Crippen molar-refractivity contribution in [1.29, 1.82) is 0 Å². The number of ether oxygens (including phenoxy) is 1. The molecule has 0 saturated carbocycles. The number of methoxy groups -OCH3 is 1. The van der Waals surface area contributed by atoms with Crippen molar-refractivity contribution in [3.8, 4) is 5.75 Å². The Morgan fingerprint density at radius 2 is 1.82 bits per heavy atom. The van der Waals surface area contributed by atoms with Crippen LogP contribution in [0.4, 0.5) is 5.69 Å². The van der Waals surface area contributed by atoms with Gasteiger partial charge in [0.15, 0.2) is 0 Å². The Kier molecular flexibility index (Phi) is 4.77. The molecule has 0 unspecified atom stereocenters. The van der Waals surface area contributed by atoms with E-state index < -0.39 is 5.41 Å². The largest absolute Gasteiger partial charge is 0.495 e. The van der Waals surface area contributed by atoms with Crippen LogP contribution in [0, 0.1) is 6.92 Å². The highest BCUT2D eigenvalue weighted by Crippen LogP contribution is 2.33. The van der Waals surface area contributed by atoms with Gasteiger partial charge in [-0.3, -0.25) is 4.79 Å². The second-order valence-electron chi connectivity index (χ2n) is 5.75. The molecule has 0 aliphatic carbocycles. The molecule has 2 aromatic carbocycles. The van der Waals surface area contributed by atoms with Crippen molar-refractivity contribution in [3.05, 3.63) is 58.6 Å². The van der Waals surface area contributed by atoms with Crippen LogP contribution in [0.15, 0.2) is 42.5 Å². The van der Waals surface area contributed by atoms with Gasteiger partial charge in [0.2, 0.25) is 5.91 Å². The fraction of sp³-hybridized carbons (Fsp3) is 0.278. The maximum atomic E-state index is 12.7. The Hall–Kier alpha value is -2.00. The third kappa shape index (κ3) is 3.25. The van der Waals surface area contributed by atoms with Crippen LogP contribution in [0.5, 0.6) is 5.75 Å². The van der Waals surface area contributed by atoms with Crippen molar-refractivity contribution >= 4 is 23.2 Å². The van der Waals surface area contributed by atoms with Gasteiger partial charge in [-0.05, 0) is 38.0 Å². The molecule has 22 heavy (non-hydrogen) atoms. The van der Waals surface area contributed by atoms with Gasteiger partial charge in [0.25, 0.3) is 0 Å². The van der Waals surface area contributed by atoms with Gasteiger partial charge in [0, 0.05) is 11.1 Å². The molecule has 0 bridgehead atoms. The van der Waals surface area contributed by atoms with E-state index in [2.05, 4.69) is 5.32 Å². The summed E-state index contributed by atoms with van der Waals surface area (Å²) in [6.45, 7) is 5.68. The fourth-order valence-electron chi connectivity index (χ4n) is 2.19. The van der Waals surface area contributed by atoms with Gasteiger partial charge in [0.1, 0.15) is 5.75 Å². The summed E-state index contributed by atoms with van der Waals surface area (Å²) >= 11 is 6.09. The average molecular weight is 318 g/mol. The summed E-state index contributed by atoms with van der Waals surface area (Å²) in [4.78, 5) is 12.7. The number of hydrogen-bond acceptors (Lipinski definition) is 2. The van der Waals surface area contributed by atoms with Crippen LogP contribution in [0.2, 0.25) is 5.02 Å². The van der Waals surface area contributed by atoms with Gasteiger partial charge in [-0.25, -0.2) is 0 Å². The highest BCUT2D eigenvalue weighted by molar-refractivity contribution is 6.31. The number of rotatable bonds is 4. The lowest BCUT2D eigenvalue weighted by Gasteiger charge is -2.25. The summed E-state index contributed by atoms with van der Waals surface area (Å²) in [7, 11) is 1.55. The standard InChI is InChI=1S/C18H20ClNO2/c1-12-10-15(16(22-4)11-14(12)19)20-17(21)18(2,3)13-8-6-5-7-9-13/h5-11H,1-4H3,(H,20,21). The van der Waals surface area contributed by atoms with Crippen LogP contribution in [-0.4, -0.2) is 13.0 Å².